The van der Waals surface area contributed by atoms with Crippen LogP contribution in [0.3, 0.4) is 0 Å². The normalized spacial score (nSPS) is 22.1. The van der Waals surface area contributed by atoms with Crippen molar-refractivity contribution >= 4 is 40.5 Å². The van der Waals surface area contributed by atoms with Gasteiger partial charge in [0.15, 0.2) is 11.0 Å². The second-order valence-corrected chi connectivity index (χ2v) is 11.8. The molecule has 3 rings (SSSR count). The summed E-state index contributed by atoms with van der Waals surface area (Å²) in [5.74, 6) is -0.405. The van der Waals surface area contributed by atoms with Crippen LogP contribution in [0.25, 0.3) is 0 Å². The Morgan fingerprint density at radius 2 is 2.00 bits per heavy atom. The molecule has 0 radical (unpaired) electrons. The van der Waals surface area contributed by atoms with Gasteiger partial charge in [0.25, 0.3) is 0 Å². The third-order valence-electron chi connectivity index (χ3n) is 6.17. The van der Waals surface area contributed by atoms with Crippen molar-refractivity contribution in [2.45, 2.75) is 82.0 Å². The average Bonchev–Trinajstić information content (AvgIpc) is 3.18. The monoisotopic (exact) mass is 459 g/mol. The van der Waals surface area contributed by atoms with E-state index in [0.29, 0.717) is 6.42 Å². The molecule has 1 saturated heterocycles. The zero-order chi connectivity index (χ0) is 23.0. The zero-order valence-electron chi connectivity index (χ0n) is 19.3. The highest BCUT2D eigenvalue weighted by Gasteiger charge is 2.49. The van der Waals surface area contributed by atoms with Crippen LogP contribution in [0.15, 0.2) is 33.9 Å². The molecule has 2 unspecified atom stereocenters. The summed E-state index contributed by atoms with van der Waals surface area (Å²) in [6, 6.07) is 6.04. The standard InChI is InChI=1S/C25H33NO3S2/c1-15(2)25(9-7-17-8-10-30-14-17)13-20(27)22(23(28)29-25)31-21-11-16(3)19(26)12-18(21)24(4,5)6/h8,10-12,14-15,22H,7,9,13,26H2,1-6H3. The third-order valence-corrected chi connectivity index (χ3v) is 8.19. The van der Waals surface area contributed by atoms with Gasteiger partial charge in [-0.3, -0.25) is 9.59 Å². The number of hydrogen-bond donors (Lipinski definition) is 1. The molecule has 0 spiro atoms. The topological polar surface area (TPSA) is 69.4 Å². The first-order chi connectivity index (χ1) is 14.4. The Kier molecular flexibility index (Phi) is 6.92. The zero-order valence-corrected chi connectivity index (χ0v) is 20.9. The first kappa shape index (κ1) is 23.9. The van der Waals surface area contributed by atoms with Crippen molar-refractivity contribution in [1.82, 2.24) is 0 Å². The number of aryl methyl sites for hydroxylation is 2. The number of thiophene rings is 1. The molecular weight excluding hydrogens is 426 g/mol. The predicted octanol–water partition coefficient (Wildman–Crippen LogP) is 5.94. The third kappa shape index (κ3) is 5.17. The predicted molar refractivity (Wildman–Crippen MR) is 130 cm³/mol. The molecule has 31 heavy (non-hydrogen) atoms. The van der Waals surface area contributed by atoms with Crippen LogP contribution in [0, 0.1) is 12.8 Å². The van der Waals surface area contributed by atoms with E-state index in [1.165, 1.54) is 17.3 Å². The lowest BCUT2D eigenvalue weighted by molar-refractivity contribution is -0.176. The second kappa shape index (κ2) is 8.99. The summed E-state index contributed by atoms with van der Waals surface area (Å²) < 4.78 is 6.07. The molecule has 1 fully saturated rings. The quantitative estimate of drug-likeness (QED) is 0.329. The molecule has 0 amide bonds. The van der Waals surface area contributed by atoms with Crippen LogP contribution >= 0.6 is 23.1 Å². The lowest BCUT2D eigenvalue weighted by Gasteiger charge is -2.41. The van der Waals surface area contributed by atoms with E-state index in [4.69, 9.17) is 10.5 Å². The van der Waals surface area contributed by atoms with E-state index in [2.05, 4.69) is 32.2 Å². The Morgan fingerprint density at radius 1 is 1.29 bits per heavy atom. The number of cyclic esters (lactones) is 1. The summed E-state index contributed by atoms with van der Waals surface area (Å²) in [7, 11) is 0. The summed E-state index contributed by atoms with van der Waals surface area (Å²) >= 11 is 2.96. The van der Waals surface area contributed by atoms with E-state index in [9.17, 15) is 9.59 Å². The van der Waals surface area contributed by atoms with Gasteiger partial charge in [-0.1, -0.05) is 34.6 Å². The van der Waals surface area contributed by atoms with Crippen molar-refractivity contribution in [1.29, 1.82) is 0 Å². The van der Waals surface area contributed by atoms with E-state index in [1.54, 1.807) is 11.3 Å². The Bertz CT molecular complexity index is 940. The Balaban J connectivity index is 1.84. The van der Waals surface area contributed by atoms with Gasteiger partial charge in [0.05, 0.1) is 0 Å². The van der Waals surface area contributed by atoms with Gasteiger partial charge in [-0.05, 0) is 76.7 Å². The number of carbonyl (C=O) groups excluding carboxylic acids is 2. The van der Waals surface area contributed by atoms with Crippen molar-refractivity contribution in [3.63, 3.8) is 0 Å². The number of nitrogens with two attached hydrogens (primary N) is 1. The van der Waals surface area contributed by atoms with Gasteiger partial charge < -0.3 is 10.5 Å². The van der Waals surface area contributed by atoms with Crippen LogP contribution in [0.4, 0.5) is 5.69 Å². The summed E-state index contributed by atoms with van der Waals surface area (Å²) in [5, 5.41) is 3.32. The largest absolute Gasteiger partial charge is 0.457 e. The fraction of sp³-hybridized carbons (Fsp3) is 0.520. The number of nitrogen functional groups attached to an aromatic ring is 1. The lowest BCUT2D eigenvalue weighted by atomic mass is 9.78. The molecule has 0 bridgehead atoms. The highest BCUT2D eigenvalue weighted by Crippen LogP contribution is 2.43. The second-order valence-electron chi connectivity index (χ2n) is 9.87. The number of thioether (sulfide) groups is 1. The minimum Gasteiger partial charge on any atom is -0.457 e. The van der Waals surface area contributed by atoms with Gasteiger partial charge in [-0.2, -0.15) is 11.3 Å². The summed E-state index contributed by atoms with van der Waals surface area (Å²) in [5.41, 5.74) is 9.18. The van der Waals surface area contributed by atoms with E-state index in [0.717, 1.165) is 28.1 Å². The van der Waals surface area contributed by atoms with Crippen LogP contribution in [0.5, 0.6) is 0 Å². The Labute approximate surface area is 193 Å². The number of ether oxygens (including phenoxy) is 1. The minimum absolute atomic E-state index is 0.0467. The maximum Gasteiger partial charge on any atom is 0.327 e. The first-order valence-corrected chi connectivity index (χ1v) is 12.6. The van der Waals surface area contributed by atoms with Gasteiger partial charge in [-0.15, -0.1) is 11.8 Å². The van der Waals surface area contributed by atoms with Crippen molar-refractivity contribution < 1.29 is 14.3 Å². The molecule has 0 saturated carbocycles. The summed E-state index contributed by atoms with van der Waals surface area (Å²) in [6.07, 6.45) is 1.72. The molecule has 2 atom stereocenters. The van der Waals surface area contributed by atoms with Crippen molar-refractivity contribution in [3.05, 3.63) is 45.6 Å². The number of rotatable bonds is 6. The number of ketones is 1. The first-order valence-electron chi connectivity index (χ1n) is 10.8. The number of benzene rings is 1. The van der Waals surface area contributed by atoms with Crippen LogP contribution < -0.4 is 5.73 Å². The highest BCUT2D eigenvalue weighted by molar-refractivity contribution is 8.01. The van der Waals surface area contributed by atoms with Gasteiger partial charge in [-0.25, -0.2) is 0 Å². The summed E-state index contributed by atoms with van der Waals surface area (Å²) in [6.45, 7) is 12.3. The molecular formula is C25H33NO3S2. The number of esters is 1. The molecule has 1 aliphatic heterocycles. The molecule has 1 aliphatic rings. The minimum atomic E-state index is -0.836. The van der Waals surface area contributed by atoms with Gasteiger partial charge in [0, 0.05) is 17.0 Å². The van der Waals surface area contributed by atoms with Gasteiger partial charge in [0.2, 0.25) is 0 Å². The number of anilines is 1. The van der Waals surface area contributed by atoms with Gasteiger partial charge >= 0.3 is 5.97 Å². The molecule has 2 N–H and O–H groups in total. The van der Waals surface area contributed by atoms with Crippen LogP contribution in [-0.4, -0.2) is 22.6 Å². The average molecular weight is 460 g/mol. The molecule has 0 aliphatic carbocycles. The molecule has 4 nitrogen and oxygen atoms in total. The maximum atomic E-state index is 13.3. The molecule has 2 heterocycles. The van der Waals surface area contributed by atoms with E-state index in [1.807, 2.05) is 38.3 Å². The SMILES string of the molecule is Cc1cc(SC2C(=O)CC(CCc3ccsc3)(C(C)C)OC2=O)c(C(C)(C)C)cc1N. The fourth-order valence-corrected chi connectivity index (χ4v) is 6.03. The maximum absolute atomic E-state index is 13.3. The van der Waals surface area contributed by atoms with E-state index in [-0.39, 0.29) is 23.5 Å². The van der Waals surface area contributed by atoms with Crippen molar-refractivity contribution in [2.24, 2.45) is 5.92 Å². The lowest BCUT2D eigenvalue weighted by Crippen LogP contribution is -2.52. The van der Waals surface area contributed by atoms with E-state index >= 15 is 0 Å². The van der Waals surface area contributed by atoms with Gasteiger partial charge in [0.1, 0.15) is 5.60 Å². The van der Waals surface area contributed by atoms with Crippen LogP contribution in [-0.2, 0) is 26.2 Å². The number of hydrogen-bond acceptors (Lipinski definition) is 6. The van der Waals surface area contributed by atoms with Crippen LogP contribution in [0.2, 0.25) is 0 Å². The Hall–Kier alpha value is -1.79. The molecule has 1 aromatic heterocycles. The Morgan fingerprint density at radius 3 is 2.55 bits per heavy atom. The van der Waals surface area contributed by atoms with Crippen LogP contribution in [0.1, 0.15) is 64.2 Å². The fourth-order valence-electron chi connectivity index (χ4n) is 3.97. The smallest absolute Gasteiger partial charge is 0.327 e. The number of carbonyl (C=O) groups is 2. The molecule has 2 aromatic rings. The summed E-state index contributed by atoms with van der Waals surface area (Å²) in [4.78, 5) is 27.3. The van der Waals surface area contributed by atoms with Crippen molar-refractivity contribution in [3.8, 4) is 0 Å². The van der Waals surface area contributed by atoms with E-state index < -0.39 is 16.8 Å². The molecule has 1 aromatic carbocycles. The molecule has 6 heteroatoms. The molecule has 168 valence electrons. The van der Waals surface area contributed by atoms with Crippen molar-refractivity contribution in [2.75, 3.05) is 5.73 Å². The number of Topliss-reactive ketones (excluding diaryl/α,β-unsaturated/α-hetero) is 1. The highest BCUT2D eigenvalue weighted by atomic mass is 32.2.